The van der Waals surface area contributed by atoms with Crippen LogP contribution in [0, 0.1) is 5.92 Å². The van der Waals surface area contributed by atoms with Gasteiger partial charge in [0, 0.05) is 24.4 Å². The minimum absolute atomic E-state index is 0.0259. The Hall–Kier alpha value is -3.61. The average molecular weight is 449 g/mol. The summed E-state index contributed by atoms with van der Waals surface area (Å²) in [6.45, 7) is 1.94. The van der Waals surface area contributed by atoms with E-state index in [1.165, 1.54) is 0 Å². The van der Waals surface area contributed by atoms with E-state index in [1.54, 1.807) is 13.0 Å². The maximum absolute atomic E-state index is 12.4. The second-order valence-electron chi connectivity index (χ2n) is 8.68. The van der Waals surface area contributed by atoms with Crippen LogP contribution in [0.5, 0.6) is 0 Å². The summed E-state index contributed by atoms with van der Waals surface area (Å²) in [5.74, 6) is -1.62. The normalized spacial score (nSPS) is 19.8. The molecule has 7 heteroatoms. The van der Waals surface area contributed by atoms with Gasteiger partial charge in [-0.15, -0.1) is 0 Å². The number of amides is 2. The zero-order chi connectivity index (χ0) is 23.4. The number of hydrogen-bond acceptors (Lipinski definition) is 4. The number of alkyl carbamates (subject to hydrolysis) is 1. The third kappa shape index (κ3) is 5.25. The number of rotatable bonds is 7. The Labute approximate surface area is 192 Å². The van der Waals surface area contributed by atoms with Gasteiger partial charge in [-0.05, 0) is 42.0 Å². The van der Waals surface area contributed by atoms with Crippen LogP contribution in [0.2, 0.25) is 0 Å². The molecule has 172 valence electrons. The third-order valence-electron chi connectivity index (χ3n) is 6.22. The highest BCUT2D eigenvalue weighted by atomic mass is 16.5. The summed E-state index contributed by atoms with van der Waals surface area (Å²) in [6, 6.07) is 15.5. The number of carbonyl (C=O) groups is 3. The second-order valence-corrected chi connectivity index (χ2v) is 8.68. The first-order chi connectivity index (χ1) is 15.9. The summed E-state index contributed by atoms with van der Waals surface area (Å²) in [6.07, 6.45) is 3.95. The van der Waals surface area contributed by atoms with Crippen molar-refractivity contribution in [3.8, 4) is 11.1 Å². The van der Waals surface area contributed by atoms with Gasteiger partial charge < -0.3 is 20.5 Å². The molecule has 2 aliphatic rings. The van der Waals surface area contributed by atoms with Gasteiger partial charge in [0.15, 0.2) is 0 Å². The Morgan fingerprint density at radius 2 is 1.70 bits per heavy atom. The maximum Gasteiger partial charge on any atom is 0.407 e. The lowest BCUT2D eigenvalue weighted by Gasteiger charge is -2.23. The molecule has 2 aromatic rings. The van der Waals surface area contributed by atoms with Crippen LogP contribution in [0.15, 0.2) is 60.7 Å². The van der Waals surface area contributed by atoms with Gasteiger partial charge in [0.25, 0.3) is 0 Å². The lowest BCUT2D eigenvalue weighted by Crippen LogP contribution is -2.42. The van der Waals surface area contributed by atoms with E-state index in [9.17, 15) is 14.4 Å². The lowest BCUT2D eigenvalue weighted by molar-refractivity contribution is -0.142. The first kappa shape index (κ1) is 22.6. The third-order valence-corrected chi connectivity index (χ3v) is 6.22. The van der Waals surface area contributed by atoms with Crippen LogP contribution < -0.4 is 10.6 Å². The quantitative estimate of drug-likeness (QED) is 0.558. The first-order valence-electron chi connectivity index (χ1n) is 11.2. The van der Waals surface area contributed by atoms with Gasteiger partial charge in [-0.1, -0.05) is 60.7 Å². The second kappa shape index (κ2) is 9.90. The molecule has 7 nitrogen and oxygen atoms in total. The Kier molecular flexibility index (Phi) is 6.77. The van der Waals surface area contributed by atoms with Crippen molar-refractivity contribution >= 4 is 18.0 Å². The molecule has 2 aliphatic carbocycles. The molecule has 2 amide bonds. The van der Waals surface area contributed by atoms with Crippen LogP contribution in [-0.2, 0) is 14.3 Å². The summed E-state index contributed by atoms with van der Waals surface area (Å²) in [5.41, 5.74) is 4.60. The molecule has 3 N–H and O–H groups in total. The summed E-state index contributed by atoms with van der Waals surface area (Å²) in [7, 11) is 0. The number of benzene rings is 2. The van der Waals surface area contributed by atoms with E-state index in [2.05, 4.69) is 34.9 Å². The van der Waals surface area contributed by atoms with Gasteiger partial charge in [0.2, 0.25) is 5.91 Å². The SMILES string of the molecule is C[C@@H](CC(=O)N[C@@H]1C=CC[C@@H](C(=O)O)C1)NC(=O)OCC1c2ccccc2-c2ccccc21. The van der Waals surface area contributed by atoms with Crippen molar-refractivity contribution in [1.29, 1.82) is 0 Å². The molecule has 0 spiro atoms. The lowest BCUT2D eigenvalue weighted by atomic mass is 9.91. The highest BCUT2D eigenvalue weighted by molar-refractivity contribution is 5.80. The highest BCUT2D eigenvalue weighted by Gasteiger charge is 2.29. The zero-order valence-electron chi connectivity index (χ0n) is 18.5. The predicted molar refractivity (Wildman–Crippen MR) is 124 cm³/mol. The summed E-state index contributed by atoms with van der Waals surface area (Å²) < 4.78 is 5.52. The summed E-state index contributed by atoms with van der Waals surface area (Å²) >= 11 is 0. The molecular weight excluding hydrogens is 420 g/mol. The van der Waals surface area contributed by atoms with E-state index in [0.29, 0.717) is 12.8 Å². The molecule has 0 aromatic heterocycles. The van der Waals surface area contributed by atoms with Gasteiger partial charge in [-0.3, -0.25) is 9.59 Å². The van der Waals surface area contributed by atoms with E-state index < -0.39 is 24.0 Å². The predicted octanol–water partition coefficient (Wildman–Crippen LogP) is 3.84. The summed E-state index contributed by atoms with van der Waals surface area (Å²) in [5, 5.41) is 14.7. The molecule has 2 aromatic carbocycles. The molecule has 0 heterocycles. The van der Waals surface area contributed by atoms with Crippen LogP contribution in [0.4, 0.5) is 4.79 Å². The Bertz CT molecular complexity index is 1030. The number of fused-ring (bicyclic) bond motifs is 3. The number of ether oxygens (including phenoxy) is 1. The van der Waals surface area contributed by atoms with Gasteiger partial charge >= 0.3 is 12.1 Å². The van der Waals surface area contributed by atoms with Gasteiger partial charge in [-0.25, -0.2) is 4.79 Å². The van der Waals surface area contributed by atoms with Crippen LogP contribution in [0.3, 0.4) is 0 Å². The van der Waals surface area contributed by atoms with Crippen molar-refractivity contribution in [2.24, 2.45) is 5.92 Å². The Morgan fingerprint density at radius 3 is 2.33 bits per heavy atom. The number of allylic oxidation sites excluding steroid dienone is 1. The number of nitrogens with one attached hydrogen (secondary N) is 2. The molecule has 0 saturated heterocycles. The standard InChI is InChI=1S/C26H28N2O5/c1-16(13-24(29)28-18-8-6-7-17(14-18)25(30)31)27-26(32)33-15-23-21-11-4-2-9-19(21)20-10-3-5-12-22(20)23/h2-6,8-12,16-18,23H,7,13-15H2,1H3,(H,27,32)(H,28,29)(H,30,31)/t16-,17+,18+/m0/s1. The molecule has 0 unspecified atom stereocenters. The maximum atomic E-state index is 12.4. The molecule has 4 rings (SSSR count). The number of hydrogen-bond donors (Lipinski definition) is 3. The van der Waals surface area contributed by atoms with Crippen molar-refractivity contribution in [2.45, 2.75) is 44.2 Å². The molecule has 0 bridgehead atoms. The molecule has 3 atom stereocenters. The largest absolute Gasteiger partial charge is 0.481 e. The zero-order valence-corrected chi connectivity index (χ0v) is 18.5. The van der Waals surface area contributed by atoms with E-state index in [-0.39, 0.29) is 30.9 Å². The molecule has 0 saturated carbocycles. The molecule has 33 heavy (non-hydrogen) atoms. The topological polar surface area (TPSA) is 105 Å². The van der Waals surface area contributed by atoms with E-state index >= 15 is 0 Å². The fourth-order valence-corrected chi connectivity index (χ4v) is 4.63. The number of carboxylic acids is 1. The van der Waals surface area contributed by atoms with Crippen LogP contribution in [-0.4, -0.2) is 41.8 Å². The molecule has 0 fully saturated rings. The molecule has 0 radical (unpaired) electrons. The molecular formula is C26H28N2O5. The first-order valence-corrected chi connectivity index (χ1v) is 11.2. The monoisotopic (exact) mass is 448 g/mol. The van der Waals surface area contributed by atoms with E-state index in [1.807, 2.05) is 30.3 Å². The van der Waals surface area contributed by atoms with E-state index in [0.717, 1.165) is 22.3 Å². The van der Waals surface area contributed by atoms with Gasteiger partial charge in [-0.2, -0.15) is 0 Å². The fourth-order valence-electron chi connectivity index (χ4n) is 4.63. The fraction of sp³-hybridized carbons (Fsp3) is 0.346. The number of aliphatic carboxylic acids is 1. The average Bonchev–Trinajstić information content (AvgIpc) is 3.11. The van der Waals surface area contributed by atoms with Crippen LogP contribution in [0.1, 0.15) is 43.2 Å². The summed E-state index contributed by atoms with van der Waals surface area (Å²) in [4.78, 5) is 35.9. The van der Waals surface area contributed by atoms with E-state index in [4.69, 9.17) is 9.84 Å². The Balaban J connectivity index is 1.26. The van der Waals surface area contributed by atoms with Crippen molar-refractivity contribution in [1.82, 2.24) is 10.6 Å². The minimum atomic E-state index is -0.858. The molecule has 0 aliphatic heterocycles. The highest BCUT2D eigenvalue weighted by Crippen LogP contribution is 2.44. The number of carboxylic acid groups (broad SMARTS) is 1. The van der Waals surface area contributed by atoms with Crippen molar-refractivity contribution in [3.05, 3.63) is 71.8 Å². The van der Waals surface area contributed by atoms with Crippen LogP contribution >= 0.6 is 0 Å². The van der Waals surface area contributed by atoms with Crippen molar-refractivity contribution in [2.75, 3.05) is 6.61 Å². The Morgan fingerprint density at radius 1 is 1.06 bits per heavy atom. The van der Waals surface area contributed by atoms with Crippen LogP contribution in [0.25, 0.3) is 11.1 Å². The van der Waals surface area contributed by atoms with Gasteiger partial charge in [0.05, 0.1) is 5.92 Å². The number of carbonyl (C=O) groups excluding carboxylic acids is 2. The van der Waals surface area contributed by atoms with Gasteiger partial charge in [0.1, 0.15) is 6.61 Å². The van der Waals surface area contributed by atoms with Crippen molar-refractivity contribution < 1.29 is 24.2 Å². The van der Waals surface area contributed by atoms with Crippen molar-refractivity contribution in [3.63, 3.8) is 0 Å². The minimum Gasteiger partial charge on any atom is -0.481 e. The smallest absolute Gasteiger partial charge is 0.407 e.